The molecule has 28 heavy (non-hydrogen) atoms. The molecule has 2 N–H and O–H groups in total. The van der Waals surface area contributed by atoms with Crippen LogP contribution in [0.5, 0.6) is 0 Å². The maximum Gasteiger partial charge on any atom is 0.337 e. The van der Waals surface area contributed by atoms with Crippen molar-refractivity contribution in [2.24, 2.45) is 0 Å². The molecule has 0 saturated carbocycles. The number of ether oxygens (including phenoxy) is 1. The van der Waals surface area contributed by atoms with Crippen molar-refractivity contribution in [3.05, 3.63) is 77.5 Å². The van der Waals surface area contributed by atoms with E-state index >= 15 is 0 Å². The first-order chi connectivity index (χ1) is 13.4. The molecule has 3 rings (SSSR count). The highest BCUT2D eigenvalue weighted by molar-refractivity contribution is 6.03. The van der Waals surface area contributed by atoms with Crippen LogP contribution in [0.15, 0.2) is 54.6 Å². The molecule has 3 aromatic rings. The number of carbonyl (C=O) groups is 2. The van der Waals surface area contributed by atoms with E-state index in [1.807, 2.05) is 0 Å². The Kier molecular flexibility index (Phi) is 5.59. The number of amides is 1. The Hall–Kier alpha value is -3.81. The second-order valence-corrected chi connectivity index (χ2v) is 5.84. The lowest BCUT2D eigenvalue weighted by molar-refractivity contribution is 0.0600. The fourth-order valence-corrected chi connectivity index (χ4v) is 2.43. The number of hydrogen-bond donors (Lipinski definition) is 2. The second kappa shape index (κ2) is 8.26. The molecular weight excluding hydrogens is 363 g/mol. The van der Waals surface area contributed by atoms with Crippen LogP contribution in [0.25, 0.3) is 0 Å². The molecule has 1 heterocycles. The maximum atomic E-state index is 13.0. The highest BCUT2D eigenvalue weighted by Crippen LogP contribution is 2.18. The third-order valence-corrected chi connectivity index (χ3v) is 3.75. The fourth-order valence-electron chi connectivity index (χ4n) is 2.43. The molecule has 0 aliphatic carbocycles. The summed E-state index contributed by atoms with van der Waals surface area (Å²) in [4.78, 5) is 32.3. The van der Waals surface area contributed by atoms with E-state index in [0.29, 0.717) is 28.6 Å². The van der Waals surface area contributed by atoms with E-state index < -0.39 is 11.9 Å². The van der Waals surface area contributed by atoms with Gasteiger partial charge >= 0.3 is 5.97 Å². The molecule has 0 radical (unpaired) electrons. The average molecular weight is 380 g/mol. The molecule has 1 amide bonds. The van der Waals surface area contributed by atoms with Crippen LogP contribution in [-0.2, 0) is 4.74 Å². The van der Waals surface area contributed by atoms with E-state index in [1.165, 1.54) is 37.4 Å². The predicted octanol–water partition coefficient (Wildman–Crippen LogP) is 3.71. The van der Waals surface area contributed by atoms with Gasteiger partial charge in [-0.3, -0.25) is 4.79 Å². The molecular formula is C20H17FN4O3. The smallest absolute Gasteiger partial charge is 0.337 e. The van der Waals surface area contributed by atoms with E-state index in [-0.39, 0.29) is 11.5 Å². The van der Waals surface area contributed by atoms with Crippen molar-refractivity contribution < 1.29 is 18.7 Å². The van der Waals surface area contributed by atoms with Crippen LogP contribution in [0.1, 0.15) is 26.7 Å². The van der Waals surface area contributed by atoms with Gasteiger partial charge in [-0.05, 0) is 55.5 Å². The predicted molar refractivity (Wildman–Crippen MR) is 102 cm³/mol. The van der Waals surface area contributed by atoms with Gasteiger partial charge in [0.15, 0.2) is 0 Å². The van der Waals surface area contributed by atoms with Crippen LogP contribution in [0.3, 0.4) is 0 Å². The number of benzene rings is 2. The second-order valence-electron chi connectivity index (χ2n) is 5.84. The minimum Gasteiger partial charge on any atom is -0.465 e. The van der Waals surface area contributed by atoms with Crippen molar-refractivity contribution in [2.75, 3.05) is 17.7 Å². The SMILES string of the molecule is COC(=O)c1ccc(Nc2cc(C(=O)Nc3ccc(F)cc3)nc(C)n2)cc1. The number of methoxy groups -OCH3 is 1. The first-order valence-electron chi connectivity index (χ1n) is 8.32. The van der Waals surface area contributed by atoms with Gasteiger partial charge in [0.25, 0.3) is 5.91 Å². The number of carbonyl (C=O) groups excluding carboxylic acids is 2. The molecule has 0 saturated heterocycles. The van der Waals surface area contributed by atoms with Crippen LogP contribution in [0, 0.1) is 12.7 Å². The maximum absolute atomic E-state index is 13.0. The average Bonchev–Trinajstić information content (AvgIpc) is 2.69. The number of nitrogens with one attached hydrogen (secondary N) is 2. The number of aromatic nitrogens is 2. The molecule has 1 aromatic heterocycles. The molecule has 7 nitrogen and oxygen atoms in total. The fraction of sp³-hybridized carbons (Fsp3) is 0.100. The molecule has 142 valence electrons. The van der Waals surface area contributed by atoms with Gasteiger partial charge < -0.3 is 15.4 Å². The molecule has 0 aliphatic rings. The van der Waals surface area contributed by atoms with Gasteiger partial charge in [-0.1, -0.05) is 0 Å². The zero-order valence-electron chi connectivity index (χ0n) is 15.2. The summed E-state index contributed by atoms with van der Waals surface area (Å²) in [5.41, 5.74) is 1.71. The first kappa shape index (κ1) is 19.0. The Morgan fingerprint density at radius 3 is 2.25 bits per heavy atom. The zero-order chi connectivity index (χ0) is 20.1. The Bertz CT molecular complexity index is 1000. The molecule has 0 aliphatic heterocycles. The van der Waals surface area contributed by atoms with E-state index in [0.717, 1.165) is 0 Å². The monoisotopic (exact) mass is 380 g/mol. The minimum absolute atomic E-state index is 0.158. The summed E-state index contributed by atoms with van der Waals surface area (Å²) < 4.78 is 17.6. The van der Waals surface area contributed by atoms with Gasteiger partial charge in [0.05, 0.1) is 12.7 Å². The highest BCUT2D eigenvalue weighted by Gasteiger charge is 2.12. The normalized spacial score (nSPS) is 10.2. The summed E-state index contributed by atoms with van der Waals surface area (Å²) in [7, 11) is 1.32. The molecule has 0 atom stereocenters. The lowest BCUT2D eigenvalue weighted by Gasteiger charge is -2.10. The van der Waals surface area contributed by atoms with Gasteiger partial charge in [-0.15, -0.1) is 0 Å². The van der Waals surface area contributed by atoms with Gasteiger partial charge in [-0.25, -0.2) is 19.2 Å². The number of hydrogen-bond acceptors (Lipinski definition) is 6. The summed E-state index contributed by atoms with van der Waals surface area (Å²) in [5.74, 6) is -0.436. The number of esters is 1. The van der Waals surface area contributed by atoms with Gasteiger partial charge in [0.1, 0.15) is 23.2 Å². The van der Waals surface area contributed by atoms with E-state index in [9.17, 15) is 14.0 Å². The number of anilines is 3. The van der Waals surface area contributed by atoms with Crippen molar-refractivity contribution in [2.45, 2.75) is 6.92 Å². The molecule has 8 heteroatoms. The molecule has 0 bridgehead atoms. The summed E-state index contributed by atoms with van der Waals surface area (Å²) in [6.45, 7) is 1.67. The Morgan fingerprint density at radius 2 is 1.61 bits per heavy atom. The van der Waals surface area contributed by atoms with Crippen LogP contribution in [-0.4, -0.2) is 29.0 Å². The summed E-state index contributed by atoms with van der Waals surface area (Å²) in [5, 5.41) is 5.72. The molecule has 0 fully saturated rings. The lowest BCUT2D eigenvalue weighted by atomic mass is 10.2. The van der Waals surface area contributed by atoms with Gasteiger partial charge in [0, 0.05) is 17.4 Å². The van der Waals surface area contributed by atoms with Crippen molar-refractivity contribution in [1.29, 1.82) is 0 Å². The largest absolute Gasteiger partial charge is 0.465 e. The summed E-state index contributed by atoms with van der Waals surface area (Å²) in [6, 6.07) is 13.6. The van der Waals surface area contributed by atoms with E-state index in [4.69, 9.17) is 0 Å². The van der Waals surface area contributed by atoms with E-state index in [2.05, 4.69) is 25.3 Å². The summed E-state index contributed by atoms with van der Waals surface area (Å²) >= 11 is 0. The number of halogens is 1. The van der Waals surface area contributed by atoms with Crippen LogP contribution < -0.4 is 10.6 Å². The Labute approximate surface area is 160 Å². The van der Waals surface area contributed by atoms with Gasteiger partial charge in [-0.2, -0.15) is 0 Å². The standard InChI is InChI=1S/C20H17FN4O3/c1-12-22-17(19(26)25-16-9-5-14(21)6-10-16)11-18(23-12)24-15-7-3-13(4-8-15)20(27)28-2/h3-11H,1-2H3,(H,25,26)(H,22,23,24). The quantitative estimate of drug-likeness (QED) is 0.656. The Morgan fingerprint density at radius 1 is 0.964 bits per heavy atom. The van der Waals surface area contributed by atoms with Crippen molar-refractivity contribution in [1.82, 2.24) is 9.97 Å². The van der Waals surface area contributed by atoms with Crippen LogP contribution in [0.4, 0.5) is 21.6 Å². The minimum atomic E-state index is -0.443. The number of rotatable bonds is 5. The molecule has 0 unspecified atom stereocenters. The molecule has 0 spiro atoms. The van der Waals surface area contributed by atoms with Crippen LogP contribution >= 0.6 is 0 Å². The first-order valence-corrected chi connectivity index (χ1v) is 8.32. The van der Waals surface area contributed by atoms with Crippen LogP contribution in [0.2, 0.25) is 0 Å². The topological polar surface area (TPSA) is 93.2 Å². The van der Waals surface area contributed by atoms with Crippen molar-refractivity contribution >= 4 is 29.1 Å². The third-order valence-electron chi connectivity index (χ3n) is 3.75. The Balaban J connectivity index is 1.76. The van der Waals surface area contributed by atoms with Crippen molar-refractivity contribution in [3.8, 4) is 0 Å². The zero-order valence-corrected chi connectivity index (χ0v) is 15.2. The summed E-state index contributed by atoms with van der Waals surface area (Å²) in [6.07, 6.45) is 0. The number of nitrogens with zero attached hydrogens (tertiary/aromatic N) is 2. The third kappa shape index (κ3) is 4.67. The lowest BCUT2D eigenvalue weighted by Crippen LogP contribution is -2.15. The van der Waals surface area contributed by atoms with Gasteiger partial charge in [0.2, 0.25) is 0 Å². The number of aryl methyl sites for hydroxylation is 1. The molecule has 2 aromatic carbocycles. The highest BCUT2D eigenvalue weighted by atomic mass is 19.1. The van der Waals surface area contributed by atoms with Crippen molar-refractivity contribution in [3.63, 3.8) is 0 Å². The van der Waals surface area contributed by atoms with E-state index in [1.54, 1.807) is 31.2 Å².